The Morgan fingerprint density at radius 2 is 1.78 bits per heavy atom. The van der Waals surface area contributed by atoms with Crippen LogP contribution in [0.4, 0.5) is 5.69 Å². The van der Waals surface area contributed by atoms with Crippen LogP contribution >= 0.6 is 0 Å². The molecule has 166 valence electrons. The number of rotatable bonds is 7. The molecule has 1 atom stereocenters. The third kappa shape index (κ3) is 5.07. The first-order valence-electron chi connectivity index (χ1n) is 10.8. The Kier molecular flexibility index (Phi) is 6.68. The van der Waals surface area contributed by atoms with E-state index in [4.69, 9.17) is 0 Å². The second-order valence-electron chi connectivity index (χ2n) is 8.13. The molecule has 3 N–H and O–H groups in total. The third-order valence-electron chi connectivity index (χ3n) is 5.89. The molecule has 1 aliphatic heterocycles. The van der Waals surface area contributed by atoms with Crippen LogP contribution in [0.15, 0.2) is 71.5 Å². The van der Waals surface area contributed by atoms with Crippen LogP contribution in [-0.4, -0.2) is 54.2 Å². The Morgan fingerprint density at radius 3 is 2.47 bits per heavy atom. The summed E-state index contributed by atoms with van der Waals surface area (Å²) >= 11 is 0. The van der Waals surface area contributed by atoms with E-state index in [1.54, 1.807) is 30.3 Å². The molecule has 0 aliphatic carbocycles. The Hall–Kier alpha value is -3.42. The predicted octanol–water partition coefficient (Wildman–Crippen LogP) is 2.71. The summed E-state index contributed by atoms with van der Waals surface area (Å²) in [7, 11) is 2.13. The van der Waals surface area contributed by atoms with Crippen LogP contribution in [0.5, 0.6) is 0 Å². The number of carbonyl (C=O) groups is 1. The van der Waals surface area contributed by atoms with Crippen LogP contribution in [0.2, 0.25) is 0 Å². The van der Waals surface area contributed by atoms with Crippen LogP contribution < -0.4 is 15.8 Å². The molecule has 2 heterocycles. The standard InChI is InChI=1S/C25H28N4O3/c1-28-12-14-29(15-13-28)21-9-5-8-19(16-21)22-11-10-20(24(30)27-22)17-26-23(25(31)32)18-6-3-2-4-7-18/h2-11,16,23,26H,12-15,17H2,1H3,(H,27,30)(H,31,32)/t23-/m1/s1. The van der Waals surface area contributed by atoms with E-state index in [0.29, 0.717) is 11.1 Å². The number of aromatic nitrogens is 1. The van der Waals surface area contributed by atoms with Crippen molar-refractivity contribution in [2.45, 2.75) is 12.6 Å². The van der Waals surface area contributed by atoms with E-state index in [1.807, 2.05) is 24.3 Å². The fourth-order valence-corrected chi connectivity index (χ4v) is 3.95. The first-order valence-corrected chi connectivity index (χ1v) is 10.8. The number of hydrogen-bond donors (Lipinski definition) is 3. The van der Waals surface area contributed by atoms with E-state index in [2.05, 4.69) is 39.3 Å². The number of benzene rings is 2. The Morgan fingerprint density at radius 1 is 1.03 bits per heavy atom. The van der Waals surface area contributed by atoms with Crippen molar-refractivity contribution in [2.24, 2.45) is 0 Å². The number of likely N-dealkylation sites (N-methyl/N-ethyl adjacent to an activating group) is 1. The van der Waals surface area contributed by atoms with Gasteiger partial charge in [0.05, 0.1) is 0 Å². The summed E-state index contributed by atoms with van der Waals surface area (Å²) in [6.07, 6.45) is 0. The van der Waals surface area contributed by atoms with Gasteiger partial charge < -0.3 is 19.9 Å². The van der Waals surface area contributed by atoms with Crippen molar-refractivity contribution < 1.29 is 9.90 Å². The molecule has 7 heteroatoms. The van der Waals surface area contributed by atoms with Crippen molar-refractivity contribution in [3.8, 4) is 11.3 Å². The average Bonchev–Trinajstić information content (AvgIpc) is 2.81. The maximum atomic E-state index is 12.7. The molecule has 0 unspecified atom stereocenters. The van der Waals surface area contributed by atoms with Gasteiger partial charge in [0.1, 0.15) is 6.04 Å². The second kappa shape index (κ2) is 9.80. The highest BCUT2D eigenvalue weighted by Crippen LogP contribution is 2.24. The second-order valence-corrected chi connectivity index (χ2v) is 8.13. The Bertz CT molecular complexity index is 1120. The number of carboxylic acids is 1. The van der Waals surface area contributed by atoms with Crippen molar-refractivity contribution >= 4 is 11.7 Å². The summed E-state index contributed by atoms with van der Waals surface area (Å²) in [6, 6.07) is 19.9. The number of piperazine rings is 1. The smallest absolute Gasteiger partial charge is 0.325 e. The molecule has 0 radical (unpaired) electrons. The van der Waals surface area contributed by atoms with Crippen LogP contribution in [0.1, 0.15) is 17.2 Å². The van der Waals surface area contributed by atoms with Crippen molar-refractivity contribution in [1.29, 1.82) is 0 Å². The zero-order chi connectivity index (χ0) is 22.5. The monoisotopic (exact) mass is 432 g/mol. The van der Waals surface area contributed by atoms with Gasteiger partial charge in [-0.15, -0.1) is 0 Å². The molecular formula is C25H28N4O3. The van der Waals surface area contributed by atoms with Crippen LogP contribution in [-0.2, 0) is 11.3 Å². The number of anilines is 1. The molecule has 3 aromatic rings. The minimum absolute atomic E-state index is 0.156. The minimum Gasteiger partial charge on any atom is -0.480 e. The van der Waals surface area contributed by atoms with E-state index in [0.717, 1.165) is 43.1 Å². The van der Waals surface area contributed by atoms with Crippen molar-refractivity contribution in [3.05, 3.63) is 88.2 Å². The van der Waals surface area contributed by atoms with E-state index in [-0.39, 0.29) is 12.1 Å². The molecule has 0 amide bonds. The molecule has 32 heavy (non-hydrogen) atoms. The van der Waals surface area contributed by atoms with E-state index in [9.17, 15) is 14.7 Å². The fourth-order valence-electron chi connectivity index (χ4n) is 3.95. The van der Waals surface area contributed by atoms with Gasteiger partial charge in [-0.3, -0.25) is 14.9 Å². The summed E-state index contributed by atoms with van der Waals surface area (Å²) in [5, 5.41) is 12.5. The van der Waals surface area contributed by atoms with Gasteiger partial charge in [0.2, 0.25) is 0 Å². The highest BCUT2D eigenvalue weighted by atomic mass is 16.4. The van der Waals surface area contributed by atoms with Gasteiger partial charge in [-0.25, -0.2) is 0 Å². The van der Waals surface area contributed by atoms with Gasteiger partial charge in [0.25, 0.3) is 5.56 Å². The summed E-state index contributed by atoms with van der Waals surface area (Å²) in [6.45, 7) is 4.18. The summed E-state index contributed by atoms with van der Waals surface area (Å²) in [4.78, 5) is 32.0. The largest absolute Gasteiger partial charge is 0.480 e. The molecule has 1 aromatic heterocycles. The molecule has 1 fully saturated rings. The Balaban J connectivity index is 1.48. The maximum absolute atomic E-state index is 12.7. The highest BCUT2D eigenvalue weighted by molar-refractivity contribution is 5.75. The van der Waals surface area contributed by atoms with Crippen LogP contribution in [0, 0.1) is 0 Å². The molecular weight excluding hydrogens is 404 g/mol. The number of aromatic amines is 1. The molecule has 4 rings (SSSR count). The van der Waals surface area contributed by atoms with E-state index < -0.39 is 12.0 Å². The first kappa shape index (κ1) is 21.8. The van der Waals surface area contributed by atoms with Gasteiger partial charge in [-0.05, 0) is 30.8 Å². The van der Waals surface area contributed by atoms with Crippen molar-refractivity contribution in [3.63, 3.8) is 0 Å². The predicted molar refractivity (Wildman–Crippen MR) is 126 cm³/mol. The Labute approximate surface area is 187 Å². The molecule has 1 aliphatic rings. The highest BCUT2D eigenvalue weighted by Gasteiger charge is 2.19. The molecule has 7 nitrogen and oxygen atoms in total. The van der Waals surface area contributed by atoms with Gasteiger partial charge in [0.15, 0.2) is 0 Å². The average molecular weight is 433 g/mol. The normalized spacial score (nSPS) is 15.5. The summed E-state index contributed by atoms with van der Waals surface area (Å²) in [5.74, 6) is -0.982. The fraction of sp³-hybridized carbons (Fsp3) is 0.280. The molecule has 1 saturated heterocycles. The van der Waals surface area contributed by atoms with Crippen LogP contribution in [0.3, 0.4) is 0 Å². The lowest BCUT2D eigenvalue weighted by atomic mass is 10.1. The number of nitrogens with one attached hydrogen (secondary N) is 2. The molecule has 0 spiro atoms. The zero-order valence-corrected chi connectivity index (χ0v) is 18.1. The third-order valence-corrected chi connectivity index (χ3v) is 5.89. The SMILES string of the molecule is CN1CCN(c2cccc(-c3ccc(CN[C@@H](C(=O)O)c4ccccc4)c(=O)[nH]3)c2)CC1. The van der Waals surface area contributed by atoms with E-state index >= 15 is 0 Å². The number of carboxylic acid groups (broad SMARTS) is 1. The van der Waals surface area contributed by atoms with Gasteiger partial charge in [-0.2, -0.15) is 0 Å². The molecule has 0 saturated carbocycles. The topological polar surface area (TPSA) is 88.7 Å². The number of H-pyrrole nitrogens is 1. The van der Waals surface area contributed by atoms with Crippen molar-refractivity contribution in [1.82, 2.24) is 15.2 Å². The molecule has 0 bridgehead atoms. The lowest BCUT2D eigenvalue weighted by molar-refractivity contribution is -0.139. The number of nitrogens with zero attached hydrogens (tertiary/aromatic N) is 2. The number of hydrogen-bond acceptors (Lipinski definition) is 5. The van der Waals surface area contributed by atoms with Gasteiger partial charge in [-0.1, -0.05) is 48.5 Å². The van der Waals surface area contributed by atoms with Gasteiger partial charge >= 0.3 is 5.97 Å². The van der Waals surface area contributed by atoms with Crippen LogP contribution in [0.25, 0.3) is 11.3 Å². The van der Waals surface area contributed by atoms with Gasteiger partial charge in [0, 0.05) is 55.2 Å². The maximum Gasteiger partial charge on any atom is 0.325 e. The lowest BCUT2D eigenvalue weighted by Crippen LogP contribution is -2.44. The lowest BCUT2D eigenvalue weighted by Gasteiger charge is -2.34. The first-order chi connectivity index (χ1) is 15.5. The van der Waals surface area contributed by atoms with E-state index in [1.165, 1.54) is 0 Å². The quantitative estimate of drug-likeness (QED) is 0.532. The zero-order valence-electron chi connectivity index (χ0n) is 18.1. The molecule has 2 aromatic carbocycles. The minimum atomic E-state index is -0.982. The summed E-state index contributed by atoms with van der Waals surface area (Å²) in [5.41, 5.74) is 3.75. The summed E-state index contributed by atoms with van der Waals surface area (Å²) < 4.78 is 0. The number of aliphatic carboxylic acids is 1. The number of pyridine rings is 1. The van der Waals surface area contributed by atoms with Crippen molar-refractivity contribution in [2.75, 3.05) is 38.1 Å².